The molecule has 0 aliphatic rings. The molecule has 0 saturated carbocycles. The van der Waals surface area contributed by atoms with Crippen molar-refractivity contribution in [3.05, 3.63) is 76.4 Å². The maximum atomic E-state index is 13.3. The average Bonchev–Trinajstić information content (AvgIpc) is 2.83. The molecule has 0 heterocycles. The van der Waals surface area contributed by atoms with Gasteiger partial charge in [0.1, 0.15) is 0 Å². The Balaban J connectivity index is 2.32. The number of amides is 2. The van der Waals surface area contributed by atoms with Crippen LogP contribution in [0, 0.1) is 27.9 Å². The Morgan fingerprint density at radius 2 is 1.67 bits per heavy atom. The standard InChI is InChI=1S/C24H30N4O7S/c1-17(2)16-22(23(29)25-27(36(3,34)35)19-9-5-4-6-10-19)21(24(30)26-31)11-7-8-18-12-14-20(15-13-18)28(32)33/h4-10,12-15,17,21-22,31H,11,16H2,1-3H3,(H,25,29)(H,26,30)/t21-,22+/m0/s1. The van der Waals surface area contributed by atoms with E-state index in [1.807, 2.05) is 13.8 Å². The second kappa shape index (κ2) is 12.8. The molecule has 3 N–H and O–H groups in total. The van der Waals surface area contributed by atoms with E-state index in [9.17, 15) is 33.3 Å². The van der Waals surface area contributed by atoms with E-state index in [2.05, 4.69) is 5.43 Å². The second-order valence-corrected chi connectivity index (χ2v) is 10.5. The average molecular weight is 519 g/mol. The van der Waals surface area contributed by atoms with Gasteiger partial charge in [-0.3, -0.25) is 30.3 Å². The van der Waals surface area contributed by atoms with E-state index in [1.165, 1.54) is 36.4 Å². The maximum absolute atomic E-state index is 13.3. The van der Waals surface area contributed by atoms with Crippen molar-refractivity contribution in [2.75, 3.05) is 10.7 Å². The summed E-state index contributed by atoms with van der Waals surface area (Å²) in [6.07, 6.45) is 4.48. The number of hydrazine groups is 1. The zero-order valence-corrected chi connectivity index (χ0v) is 21.0. The molecule has 0 aliphatic heterocycles. The molecule has 2 aromatic carbocycles. The van der Waals surface area contributed by atoms with Crippen molar-refractivity contribution in [3.63, 3.8) is 0 Å². The molecular formula is C24H30N4O7S. The Bertz CT molecular complexity index is 1180. The smallest absolute Gasteiger partial charge is 0.269 e. The quantitative estimate of drug-likeness (QED) is 0.221. The van der Waals surface area contributed by atoms with Gasteiger partial charge in [0, 0.05) is 12.1 Å². The van der Waals surface area contributed by atoms with Crippen LogP contribution >= 0.6 is 0 Å². The predicted molar refractivity (Wildman–Crippen MR) is 135 cm³/mol. The van der Waals surface area contributed by atoms with Crippen molar-refractivity contribution < 1.29 is 28.1 Å². The number of hydrogen-bond donors (Lipinski definition) is 3. The van der Waals surface area contributed by atoms with E-state index in [1.54, 1.807) is 35.8 Å². The molecule has 194 valence electrons. The Morgan fingerprint density at radius 1 is 1.06 bits per heavy atom. The van der Waals surface area contributed by atoms with Gasteiger partial charge in [0.05, 0.1) is 28.7 Å². The number of hydrogen-bond acceptors (Lipinski definition) is 7. The third-order valence-electron chi connectivity index (χ3n) is 5.33. The van der Waals surface area contributed by atoms with E-state index < -0.39 is 38.6 Å². The van der Waals surface area contributed by atoms with E-state index in [-0.39, 0.29) is 30.1 Å². The van der Waals surface area contributed by atoms with Gasteiger partial charge in [-0.15, -0.1) is 0 Å². The molecule has 11 nitrogen and oxygen atoms in total. The number of carbonyl (C=O) groups is 2. The fraction of sp³-hybridized carbons (Fsp3) is 0.333. The molecule has 0 spiro atoms. The minimum absolute atomic E-state index is 0.0307. The van der Waals surface area contributed by atoms with Crippen molar-refractivity contribution in [1.82, 2.24) is 10.9 Å². The first kappa shape index (κ1) is 28.5. The highest BCUT2D eigenvalue weighted by atomic mass is 32.2. The molecule has 36 heavy (non-hydrogen) atoms. The first-order chi connectivity index (χ1) is 16.9. The number of benzene rings is 2. The number of non-ortho nitro benzene ring substituents is 1. The number of rotatable bonds is 12. The van der Waals surface area contributed by atoms with Gasteiger partial charge in [-0.05, 0) is 48.6 Å². The number of nitro benzene ring substituents is 1. The highest BCUT2D eigenvalue weighted by Crippen LogP contribution is 2.26. The van der Waals surface area contributed by atoms with Crippen LogP contribution in [0.15, 0.2) is 60.7 Å². The minimum Gasteiger partial charge on any atom is -0.289 e. The van der Waals surface area contributed by atoms with Crippen LogP contribution in [0.2, 0.25) is 0 Å². The molecule has 0 unspecified atom stereocenters. The summed E-state index contributed by atoms with van der Waals surface area (Å²) in [6, 6.07) is 13.7. The summed E-state index contributed by atoms with van der Waals surface area (Å²) >= 11 is 0. The number of allylic oxidation sites excluding steroid dienone is 1. The summed E-state index contributed by atoms with van der Waals surface area (Å²) in [7, 11) is -3.90. The van der Waals surface area contributed by atoms with Crippen LogP contribution in [-0.2, 0) is 19.6 Å². The molecule has 2 amide bonds. The number of hydroxylamine groups is 1. The van der Waals surface area contributed by atoms with Gasteiger partial charge in [-0.1, -0.05) is 44.2 Å². The fourth-order valence-corrected chi connectivity index (χ4v) is 4.40. The van der Waals surface area contributed by atoms with Gasteiger partial charge in [0.25, 0.3) is 5.69 Å². The molecule has 0 radical (unpaired) electrons. The first-order valence-electron chi connectivity index (χ1n) is 11.1. The lowest BCUT2D eigenvalue weighted by molar-refractivity contribution is -0.384. The van der Waals surface area contributed by atoms with Crippen molar-refractivity contribution in [3.8, 4) is 0 Å². The van der Waals surface area contributed by atoms with Gasteiger partial charge in [-0.2, -0.15) is 4.41 Å². The zero-order valence-electron chi connectivity index (χ0n) is 20.2. The SMILES string of the molecule is CC(C)C[C@@H](C(=O)NN(c1ccccc1)S(C)(=O)=O)[C@H](CC=Cc1ccc([N+](=O)[O-])cc1)C(=O)NO. The minimum atomic E-state index is -3.90. The lowest BCUT2D eigenvalue weighted by atomic mass is 9.82. The Kier molecular flexibility index (Phi) is 10.1. The highest BCUT2D eigenvalue weighted by molar-refractivity contribution is 7.92. The normalized spacial score (nSPS) is 13.2. The van der Waals surface area contributed by atoms with Gasteiger partial charge in [-0.25, -0.2) is 13.9 Å². The molecule has 0 fully saturated rings. The molecule has 0 saturated heterocycles. The van der Waals surface area contributed by atoms with Crippen LogP contribution in [0.5, 0.6) is 0 Å². The van der Waals surface area contributed by atoms with E-state index >= 15 is 0 Å². The molecular weight excluding hydrogens is 488 g/mol. The molecule has 2 atom stereocenters. The van der Waals surface area contributed by atoms with Crippen LogP contribution in [0.3, 0.4) is 0 Å². The van der Waals surface area contributed by atoms with E-state index in [4.69, 9.17) is 0 Å². The van der Waals surface area contributed by atoms with Gasteiger partial charge >= 0.3 is 0 Å². The molecule has 2 rings (SSSR count). The third-order valence-corrected chi connectivity index (χ3v) is 6.30. The summed E-state index contributed by atoms with van der Waals surface area (Å²) in [6.45, 7) is 3.71. The Labute approximate surface area is 209 Å². The number of carbonyl (C=O) groups excluding carboxylic acids is 2. The van der Waals surface area contributed by atoms with Crippen LogP contribution < -0.4 is 15.3 Å². The number of anilines is 1. The summed E-state index contributed by atoms with van der Waals surface area (Å²) in [4.78, 5) is 36.2. The lowest BCUT2D eigenvalue weighted by Crippen LogP contribution is -2.51. The van der Waals surface area contributed by atoms with E-state index in [0.717, 1.165) is 10.7 Å². The number of nitrogens with zero attached hydrogens (tertiary/aromatic N) is 2. The monoisotopic (exact) mass is 518 g/mol. The van der Waals surface area contributed by atoms with Crippen molar-refractivity contribution in [1.29, 1.82) is 0 Å². The van der Waals surface area contributed by atoms with Gasteiger partial charge < -0.3 is 0 Å². The summed E-state index contributed by atoms with van der Waals surface area (Å²) in [5.41, 5.74) is 4.82. The van der Waals surface area contributed by atoms with Crippen molar-refractivity contribution in [2.45, 2.75) is 26.7 Å². The maximum Gasteiger partial charge on any atom is 0.269 e. The topological polar surface area (TPSA) is 159 Å². The molecule has 0 aromatic heterocycles. The molecule has 0 aliphatic carbocycles. The van der Waals surface area contributed by atoms with Gasteiger partial charge in [0.15, 0.2) is 0 Å². The number of nitrogens with one attached hydrogen (secondary N) is 2. The molecule has 2 aromatic rings. The zero-order chi connectivity index (χ0) is 26.9. The third kappa shape index (κ3) is 8.17. The lowest BCUT2D eigenvalue weighted by Gasteiger charge is -2.29. The van der Waals surface area contributed by atoms with E-state index in [0.29, 0.717) is 5.56 Å². The Hall–Kier alpha value is -3.77. The van der Waals surface area contributed by atoms with Gasteiger partial charge in [0.2, 0.25) is 21.8 Å². The first-order valence-corrected chi connectivity index (χ1v) is 13.0. The highest BCUT2D eigenvalue weighted by Gasteiger charge is 2.35. The largest absolute Gasteiger partial charge is 0.289 e. The predicted octanol–water partition coefficient (Wildman–Crippen LogP) is 3.28. The molecule has 0 bridgehead atoms. The van der Waals surface area contributed by atoms with Crippen LogP contribution in [0.1, 0.15) is 32.3 Å². The van der Waals surface area contributed by atoms with Crippen LogP contribution in [0.25, 0.3) is 6.08 Å². The fourth-order valence-electron chi connectivity index (χ4n) is 3.64. The van der Waals surface area contributed by atoms with Crippen LogP contribution in [0.4, 0.5) is 11.4 Å². The Morgan fingerprint density at radius 3 is 2.17 bits per heavy atom. The number of sulfonamides is 1. The summed E-state index contributed by atoms with van der Waals surface area (Å²) in [5.74, 6) is -3.53. The van der Waals surface area contributed by atoms with Crippen molar-refractivity contribution >= 4 is 39.3 Å². The summed E-state index contributed by atoms with van der Waals surface area (Å²) < 4.78 is 25.6. The second-order valence-electron chi connectivity index (χ2n) is 8.64. The van der Waals surface area contributed by atoms with Crippen LogP contribution in [-0.4, -0.2) is 36.6 Å². The molecule has 12 heteroatoms. The number of nitro groups is 1. The van der Waals surface area contributed by atoms with Crippen molar-refractivity contribution in [2.24, 2.45) is 17.8 Å². The number of para-hydroxylation sites is 1. The summed E-state index contributed by atoms with van der Waals surface area (Å²) in [5, 5.41) is 20.2.